The van der Waals surface area contributed by atoms with E-state index in [-0.39, 0.29) is 5.92 Å². The van der Waals surface area contributed by atoms with Gasteiger partial charge >= 0.3 is 5.97 Å². The first kappa shape index (κ1) is 16.3. The fourth-order valence-electron chi connectivity index (χ4n) is 5.81. The van der Waals surface area contributed by atoms with Crippen molar-refractivity contribution in [3.63, 3.8) is 0 Å². The zero-order valence-corrected chi connectivity index (χ0v) is 15.0. The van der Waals surface area contributed by atoms with Crippen LogP contribution in [0.1, 0.15) is 60.3 Å². The van der Waals surface area contributed by atoms with Gasteiger partial charge in [-0.05, 0) is 78.9 Å². The number of hydrogen-bond donors (Lipinski definition) is 1. The molecule has 4 fully saturated rings. The van der Waals surface area contributed by atoms with Gasteiger partial charge in [0.15, 0.2) is 0 Å². The summed E-state index contributed by atoms with van der Waals surface area (Å²) in [6.07, 6.45) is 5.51. The lowest BCUT2D eigenvalue weighted by Gasteiger charge is -2.16. The third-order valence-corrected chi connectivity index (χ3v) is 7.55. The molecule has 0 aromatic rings. The SMILES string of the molecule is CC(C)C1CC2C(C)C2C1.CC(C)C1CCC2C(C(=O)O)C12. The standard InChI is InChI=1S/C10H16O2.C10H18/c1-5(2)6-3-4-7-8(6)9(7)10(11)12;1-6(2)8-4-9-7(3)10(9)5-8/h5-9H,3-4H2,1-2H3,(H,11,12);6-10H,4-5H2,1-3H3. The molecule has 22 heavy (non-hydrogen) atoms. The maximum Gasteiger partial charge on any atom is 0.307 e. The summed E-state index contributed by atoms with van der Waals surface area (Å²) in [4.78, 5) is 10.7. The third-order valence-electron chi connectivity index (χ3n) is 7.55. The number of fused-ring (bicyclic) bond motifs is 2. The lowest BCUT2D eigenvalue weighted by Crippen LogP contribution is -2.13. The molecule has 0 bridgehead atoms. The van der Waals surface area contributed by atoms with Crippen LogP contribution in [0.2, 0.25) is 0 Å². The Morgan fingerprint density at radius 1 is 0.955 bits per heavy atom. The van der Waals surface area contributed by atoms with Crippen molar-refractivity contribution < 1.29 is 9.90 Å². The molecule has 4 saturated carbocycles. The van der Waals surface area contributed by atoms with E-state index in [9.17, 15) is 4.79 Å². The van der Waals surface area contributed by atoms with Crippen LogP contribution >= 0.6 is 0 Å². The van der Waals surface area contributed by atoms with E-state index < -0.39 is 5.97 Å². The molecule has 1 N–H and O–H groups in total. The maximum atomic E-state index is 10.7. The molecule has 2 nitrogen and oxygen atoms in total. The Hall–Kier alpha value is -0.530. The van der Waals surface area contributed by atoms with Crippen molar-refractivity contribution in [2.75, 3.05) is 0 Å². The van der Waals surface area contributed by atoms with E-state index in [4.69, 9.17) is 5.11 Å². The second-order valence-corrected chi connectivity index (χ2v) is 9.25. The van der Waals surface area contributed by atoms with Gasteiger partial charge in [-0.25, -0.2) is 0 Å². The highest BCUT2D eigenvalue weighted by molar-refractivity contribution is 5.74. The lowest BCUT2D eigenvalue weighted by atomic mass is 9.89. The van der Waals surface area contributed by atoms with Gasteiger partial charge in [-0.15, -0.1) is 0 Å². The zero-order chi connectivity index (χ0) is 16.2. The highest BCUT2D eigenvalue weighted by Gasteiger charge is 2.61. The molecule has 0 amide bonds. The van der Waals surface area contributed by atoms with Crippen LogP contribution in [0.25, 0.3) is 0 Å². The highest BCUT2D eigenvalue weighted by Crippen LogP contribution is 2.62. The molecule has 0 heterocycles. The van der Waals surface area contributed by atoms with E-state index in [1.165, 1.54) is 6.42 Å². The van der Waals surface area contributed by atoms with Crippen LogP contribution in [0, 0.1) is 59.2 Å². The smallest absolute Gasteiger partial charge is 0.307 e. The van der Waals surface area contributed by atoms with Gasteiger partial charge in [0.1, 0.15) is 0 Å². The Kier molecular flexibility index (Phi) is 4.33. The summed E-state index contributed by atoms with van der Waals surface area (Å²) in [7, 11) is 0. The van der Waals surface area contributed by atoms with Crippen molar-refractivity contribution >= 4 is 5.97 Å². The van der Waals surface area contributed by atoms with E-state index in [1.54, 1.807) is 12.8 Å². The average molecular weight is 306 g/mol. The summed E-state index contributed by atoms with van der Waals surface area (Å²) < 4.78 is 0. The minimum absolute atomic E-state index is 0.0196. The molecule has 2 heteroatoms. The van der Waals surface area contributed by atoms with Crippen LogP contribution < -0.4 is 0 Å². The van der Waals surface area contributed by atoms with Gasteiger partial charge in [0.25, 0.3) is 0 Å². The number of carboxylic acids is 1. The number of rotatable bonds is 3. The second-order valence-electron chi connectivity index (χ2n) is 9.25. The first-order chi connectivity index (χ1) is 10.3. The first-order valence-electron chi connectivity index (χ1n) is 9.55. The molecule has 0 aromatic carbocycles. The fraction of sp³-hybridized carbons (Fsp3) is 0.950. The molecule has 0 spiro atoms. The predicted molar refractivity (Wildman–Crippen MR) is 89.4 cm³/mol. The number of carbonyl (C=O) groups is 1. The normalized spacial score (nSPS) is 47.8. The summed E-state index contributed by atoms with van der Waals surface area (Å²) in [5, 5.41) is 8.86. The van der Waals surface area contributed by atoms with Crippen LogP contribution in [0.15, 0.2) is 0 Å². The van der Waals surface area contributed by atoms with E-state index in [0.29, 0.717) is 23.7 Å². The van der Waals surface area contributed by atoms with Crippen LogP contribution in [0.4, 0.5) is 0 Å². The quantitative estimate of drug-likeness (QED) is 0.802. The van der Waals surface area contributed by atoms with Gasteiger partial charge in [0.05, 0.1) is 5.92 Å². The minimum atomic E-state index is -0.560. The molecule has 4 aliphatic rings. The Labute approximate surface area is 136 Å². The monoisotopic (exact) mass is 306 g/mol. The molecule has 0 aromatic heterocycles. The Morgan fingerprint density at radius 2 is 1.55 bits per heavy atom. The molecule has 0 saturated heterocycles. The molecule has 4 aliphatic carbocycles. The number of hydrogen-bond acceptors (Lipinski definition) is 1. The minimum Gasteiger partial charge on any atom is -0.481 e. The Balaban J connectivity index is 0.000000133. The van der Waals surface area contributed by atoms with E-state index in [1.807, 2.05) is 0 Å². The number of aliphatic carboxylic acids is 1. The van der Waals surface area contributed by atoms with Gasteiger partial charge in [0, 0.05) is 0 Å². The molecule has 6 unspecified atom stereocenters. The third kappa shape index (κ3) is 2.83. The first-order valence-corrected chi connectivity index (χ1v) is 9.55. The molecular weight excluding hydrogens is 272 g/mol. The van der Waals surface area contributed by atoms with Crippen LogP contribution in [-0.4, -0.2) is 11.1 Å². The molecule has 126 valence electrons. The molecular formula is C20H34O2. The summed E-state index contributed by atoms with van der Waals surface area (Å²) in [5.41, 5.74) is 0. The van der Waals surface area contributed by atoms with Crippen molar-refractivity contribution in [1.82, 2.24) is 0 Å². The summed E-state index contributed by atoms with van der Waals surface area (Å²) in [5.74, 6) is 7.29. The van der Waals surface area contributed by atoms with Crippen molar-refractivity contribution in [3.8, 4) is 0 Å². The summed E-state index contributed by atoms with van der Waals surface area (Å²) >= 11 is 0. The van der Waals surface area contributed by atoms with E-state index in [2.05, 4.69) is 34.6 Å². The fourth-order valence-corrected chi connectivity index (χ4v) is 5.81. The predicted octanol–water partition coefficient (Wildman–Crippen LogP) is 4.93. The van der Waals surface area contributed by atoms with Gasteiger partial charge in [-0.1, -0.05) is 34.6 Å². The number of carboxylic acid groups (broad SMARTS) is 1. The van der Waals surface area contributed by atoms with Crippen LogP contribution in [0.5, 0.6) is 0 Å². The maximum absolute atomic E-state index is 10.7. The van der Waals surface area contributed by atoms with Gasteiger partial charge in [-0.2, -0.15) is 0 Å². The van der Waals surface area contributed by atoms with Gasteiger partial charge in [0.2, 0.25) is 0 Å². The van der Waals surface area contributed by atoms with E-state index in [0.717, 1.165) is 36.0 Å². The molecule has 4 rings (SSSR count). The van der Waals surface area contributed by atoms with Crippen molar-refractivity contribution in [2.45, 2.75) is 60.3 Å². The Bertz CT molecular complexity index is 415. The largest absolute Gasteiger partial charge is 0.481 e. The summed E-state index contributed by atoms with van der Waals surface area (Å²) in [6, 6.07) is 0. The van der Waals surface area contributed by atoms with Crippen molar-refractivity contribution in [2.24, 2.45) is 59.2 Å². The highest BCUT2D eigenvalue weighted by atomic mass is 16.4. The molecule has 6 atom stereocenters. The topological polar surface area (TPSA) is 37.3 Å². The Morgan fingerprint density at radius 3 is 1.95 bits per heavy atom. The lowest BCUT2D eigenvalue weighted by molar-refractivity contribution is -0.139. The van der Waals surface area contributed by atoms with Crippen LogP contribution in [-0.2, 0) is 4.79 Å². The van der Waals surface area contributed by atoms with Crippen molar-refractivity contribution in [3.05, 3.63) is 0 Å². The van der Waals surface area contributed by atoms with E-state index >= 15 is 0 Å². The molecule has 0 radical (unpaired) electrons. The van der Waals surface area contributed by atoms with Gasteiger partial charge in [-0.3, -0.25) is 4.79 Å². The van der Waals surface area contributed by atoms with Crippen LogP contribution in [0.3, 0.4) is 0 Å². The molecule has 0 aliphatic heterocycles. The summed E-state index contributed by atoms with van der Waals surface area (Å²) in [6.45, 7) is 11.6. The second kappa shape index (κ2) is 5.83. The van der Waals surface area contributed by atoms with Crippen molar-refractivity contribution in [1.29, 1.82) is 0 Å². The zero-order valence-electron chi connectivity index (χ0n) is 15.0. The average Bonchev–Trinajstić information content (AvgIpc) is 3.13. The van der Waals surface area contributed by atoms with Gasteiger partial charge < -0.3 is 5.11 Å².